The highest BCUT2D eigenvalue weighted by Crippen LogP contribution is 2.34. The van der Waals surface area contributed by atoms with Crippen molar-refractivity contribution in [3.63, 3.8) is 0 Å². The minimum atomic E-state index is -0.460. The number of hydrogen-bond donors (Lipinski definition) is 0. The molecule has 0 spiro atoms. The van der Waals surface area contributed by atoms with Gasteiger partial charge in [-0.05, 0) is 51.3 Å². The van der Waals surface area contributed by atoms with Crippen molar-refractivity contribution in [3.8, 4) is 0 Å². The number of hydrogen-bond acceptors (Lipinski definition) is 2. The van der Waals surface area contributed by atoms with E-state index in [0.717, 1.165) is 24.9 Å². The molecule has 1 amide bonds. The smallest absolute Gasteiger partial charge is 0.410 e. The van der Waals surface area contributed by atoms with Gasteiger partial charge in [-0.25, -0.2) is 4.79 Å². The maximum absolute atomic E-state index is 12.2. The van der Waals surface area contributed by atoms with Gasteiger partial charge in [0.1, 0.15) is 5.60 Å². The van der Waals surface area contributed by atoms with Crippen LogP contribution in [0.25, 0.3) is 0 Å². The summed E-state index contributed by atoms with van der Waals surface area (Å²) >= 11 is 6.02. The van der Waals surface area contributed by atoms with Gasteiger partial charge in [0.15, 0.2) is 0 Å². The molecule has 1 aromatic carbocycles. The zero-order valence-corrected chi connectivity index (χ0v) is 12.4. The van der Waals surface area contributed by atoms with Crippen LogP contribution in [0.5, 0.6) is 0 Å². The Morgan fingerprint density at radius 3 is 2.79 bits per heavy atom. The molecule has 0 unspecified atom stereocenters. The Kier molecular flexibility index (Phi) is 4.04. The van der Waals surface area contributed by atoms with Crippen molar-refractivity contribution in [2.75, 3.05) is 6.54 Å². The molecular formula is C15H20ClNO2. The highest BCUT2D eigenvalue weighted by molar-refractivity contribution is 6.30. The molecule has 1 aliphatic heterocycles. The highest BCUT2D eigenvalue weighted by Gasteiger charge is 2.33. The van der Waals surface area contributed by atoms with Crippen LogP contribution in [0.3, 0.4) is 0 Å². The van der Waals surface area contributed by atoms with E-state index < -0.39 is 5.60 Å². The van der Waals surface area contributed by atoms with Crippen molar-refractivity contribution >= 4 is 17.7 Å². The Labute approximate surface area is 119 Å². The lowest BCUT2D eigenvalue weighted by molar-refractivity contribution is 0.0224. The number of ether oxygens (including phenoxy) is 1. The van der Waals surface area contributed by atoms with E-state index in [-0.39, 0.29) is 12.1 Å². The van der Waals surface area contributed by atoms with Gasteiger partial charge in [0.05, 0.1) is 6.04 Å². The van der Waals surface area contributed by atoms with Crippen LogP contribution >= 0.6 is 11.6 Å². The van der Waals surface area contributed by atoms with E-state index in [4.69, 9.17) is 16.3 Å². The first-order chi connectivity index (χ1) is 8.87. The minimum absolute atomic E-state index is 0.0774. The number of halogens is 1. The van der Waals surface area contributed by atoms with Crippen molar-refractivity contribution in [2.45, 2.75) is 45.3 Å². The zero-order chi connectivity index (χ0) is 14.0. The van der Waals surface area contributed by atoms with Crippen LogP contribution in [0, 0.1) is 0 Å². The third-order valence-corrected chi connectivity index (χ3v) is 3.35. The van der Waals surface area contributed by atoms with Crippen LogP contribution in [-0.2, 0) is 4.74 Å². The highest BCUT2D eigenvalue weighted by atomic mass is 35.5. The van der Waals surface area contributed by atoms with E-state index in [2.05, 4.69) is 0 Å². The summed E-state index contributed by atoms with van der Waals surface area (Å²) in [4.78, 5) is 14.0. The number of nitrogens with zero attached hydrogens (tertiary/aromatic N) is 1. The first-order valence-electron chi connectivity index (χ1n) is 6.62. The molecule has 0 aliphatic carbocycles. The fraction of sp³-hybridized carbons (Fsp3) is 0.533. The van der Waals surface area contributed by atoms with E-state index in [0.29, 0.717) is 5.02 Å². The Morgan fingerprint density at radius 1 is 1.42 bits per heavy atom. The number of rotatable bonds is 1. The van der Waals surface area contributed by atoms with Crippen LogP contribution in [0.2, 0.25) is 5.02 Å². The average Bonchev–Trinajstić information content (AvgIpc) is 2.75. The molecule has 0 aromatic heterocycles. The molecule has 0 radical (unpaired) electrons. The van der Waals surface area contributed by atoms with Crippen LogP contribution in [0.15, 0.2) is 24.3 Å². The average molecular weight is 282 g/mol. The molecule has 19 heavy (non-hydrogen) atoms. The van der Waals surface area contributed by atoms with Gasteiger partial charge in [-0.3, -0.25) is 0 Å². The second-order valence-corrected chi connectivity index (χ2v) is 6.32. The van der Waals surface area contributed by atoms with Gasteiger partial charge in [0.25, 0.3) is 0 Å². The predicted octanol–water partition coefficient (Wildman–Crippen LogP) is 4.41. The Bertz CT molecular complexity index is 467. The maximum atomic E-state index is 12.2. The van der Waals surface area contributed by atoms with Crippen molar-refractivity contribution in [1.29, 1.82) is 0 Å². The second-order valence-electron chi connectivity index (χ2n) is 5.89. The van der Waals surface area contributed by atoms with Gasteiger partial charge < -0.3 is 9.64 Å². The number of benzene rings is 1. The molecule has 1 atom stereocenters. The van der Waals surface area contributed by atoms with Gasteiger partial charge in [0, 0.05) is 11.6 Å². The summed E-state index contributed by atoms with van der Waals surface area (Å²) in [6.45, 7) is 6.40. The largest absolute Gasteiger partial charge is 0.444 e. The van der Waals surface area contributed by atoms with E-state index in [9.17, 15) is 4.79 Å². The third kappa shape index (κ3) is 3.63. The van der Waals surface area contributed by atoms with E-state index >= 15 is 0 Å². The number of carbonyl (C=O) groups excluding carboxylic acids is 1. The summed E-state index contributed by atoms with van der Waals surface area (Å²) in [5.41, 5.74) is 0.620. The predicted molar refractivity (Wildman–Crippen MR) is 76.4 cm³/mol. The van der Waals surface area contributed by atoms with Gasteiger partial charge in [-0.2, -0.15) is 0 Å². The summed E-state index contributed by atoms with van der Waals surface area (Å²) in [5.74, 6) is 0. The number of amides is 1. The monoisotopic (exact) mass is 281 g/mol. The number of carbonyl (C=O) groups is 1. The van der Waals surface area contributed by atoms with Crippen molar-refractivity contribution in [3.05, 3.63) is 34.9 Å². The lowest BCUT2D eigenvalue weighted by Gasteiger charge is -2.28. The van der Waals surface area contributed by atoms with E-state index in [1.807, 2.05) is 45.0 Å². The van der Waals surface area contributed by atoms with E-state index in [1.165, 1.54) is 0 Å². The second kappa shape index (κ2) is 5.41. The first kappa shape index (κ1) is 14.2. The van der Waals surface area contributed by atoms with Crippen LogP contribution < -0.4 is 0 Å². The number of likely N-dealkylation sites (tertiary alicyclic amines) is 1. The van der Waals surface area contributed by atoms with Crippen molar-refractivity contribution in [1.82, 2.24) is 4.90 Å². The Hall–Kier alpha value is -1.22. The molecular weight excluding hydrogens is 262 g/mol. The Balaban J connectivity index is 2.15. The summed E-state index contributed by atoms with van der Waals surface area (Å²) in [7, 11) is 0. The van der Waals surface area contributed by atoms with Crippen molar-refractivity contribution < 1.29 is 9.53 Å². The van der Waals surface area contributed by atoms with Crippen molar-refractivity contribution in [2.24, 2.45) is 0 Å². The summed E-state index contributed by atoms with van der Waals surface area (Å²) in [6, 6.07) is 7.78. The van der Waals surface area contributed by atoms with Crippen LogP contribution in [0.4, 0.5) is 4.79 Å². The summed E-state index contributed by atoms with van der Waals surface area (Å²) in [6.07, 6.45) is 1.71. The van der Waals surface area contributed by atoms with Gasteiger partial charge in [-0.1, -0.05) is 23.7 Å². The molecule has 4 heteroatoms. The third-order valence-electron chi connectivity index (χ3n) is 3.11. The molecule has 0 bridgehead atoms. The molecule has 1 heterocycles. The maximum Gasteiger partial charge on any atom is 0.410 e. The summed E-state index contributed by atoms with van der Waals surface area (Å²) < 4.78 is 5.46. The fourth-order valence-electron chi connectivity index (χ4n) is 2.37. The van der Waals surface area contributed by atoms with Gasteiger partial charge in [0.2, 0.25) is 0 Å². The SMILES string of the molecule is CC(C)(C)OC(=O)N1CCC[C@H]1c1cccc(Cl)c1. The standard InChI is InChI=1S/C15H20ClNO2/c1-15(2,3)19-14(18)17-9-5-8-13(17)11-6-4-7-12(16)10-11/h4,6-7,10,13H,5,8-9H2,1-3H3/t13-/m0/s1. The molecule has 1 fully saturated rings. The zero-order valence-electron chi connectivity index (χ0n) is 11.6. The van der Waals surface area contributed by atoms with Gasteiger partial charge >= 0.3 is 6.09 Å². The minimum Gasteiger partial charge on any atom is -0.444 e. The van der Waals surface area contributed by atoms with Crippen LogP contribution in [-0.4, -0.2) is 23.1 Å². The molecule has 3 nitrogen and oxygen atoms in total. The lowest BCUT2D eigenvalue weighted by atomic mass is 10.1. The fourth-order valence-corrected chi connectivity index (χ4v) is 2.56. The Morgan fingerprint density at radius 2 is 2.16 bits per heavy atom. The molecule has 0 N–H and O–H groups in total. The topological polar surface area (TPSA) is 29.5 Å². The molecule has 1 saturated heterocycles. The molecule has 104 valence electrons. The lowest BCUT2D eigenvalue weighted by Crippen LogP contribution is -2.36. The van der Waals surface area contributed by atoms with E-state index in [1.54, 1.807) is 4.90 Å². The molecule has 1 aromatic rings. The van der Waals surface area contributed by atoms with Gasteiger partial charge in [-0.15, -0.1) is 0 Å². The molecule has 2 rings (SSSR count). The quantitative estimate of drug-likeness (QED) is 0.763. The first-order valence-corrected chi connectivity index (χ1v) is 7.00. The summed E-state index contributed by atoms with van der Waals surface area (Å²) in [5, 5.41) is 0.702. The van der Waals surface area contributed by atoms with Crippen LogP contribution in [0.1, 0.15) is 45.2 Å². The molecule has 0 saturated carbocycles. The molecule has 1 aliphatic rings. The normalized spacial score (nSPS) is 19.6.